The molecule has 1 saturated heterocycles. The minimum absolute atomic E-state index is 0.0795. The zero-order chi connectivity index (χ0) is 21.8. The molecule has 2 N–H and O–H groups in total. The second-order valence-electron chi connectivity index (χ2n) is 8.56. The van der Waals surface area contributed by atoms with Crippen LogP contribution in [0.4, 0.5) is 0 Å². The average molecular weight is 444 g/mol. The van der Waals surface area contributed by atoms with E-state index in [0.29, 0.717) is 25.2 Å². The SMILES string of the molecule is CC(C)N[C@H]1C[C@@H](C(=O)NCCc2ccc3c(c2)OCO3)N(Cc2cccc(Cl)c2)C1. The van der Waals surface area contributed by atoms with Gasteiger partial charge in [-0.15, -0.1) is 0 Å². The molecule has 2 aromatic carbocycles. The highest BCUT2D eigenvalue weighted by atomic mass is 35.5. The summed E-state index contributed by atoms with van der Waals surface area (Å²) >= 11 is 6.16. The molecule has 2 atom stereocenters. The summed E-state index contributed by atoms with van der Waals surface area (Å²) in [6.07, 6.45) is 1.55. The van der Waals surface area contributed by atoms with Crippen LogP contribution in [-0.4, -0.2) is 48.8 Å². The van der Waals surface area contributed by atoms with Gasteiger partial charge < -0.3 is 20.1 Å². The number of rotatable bonds is 8. The maximum atomic E-state index is 13.1. The summed E-state index contributed by atoms with van der Waals surface area (Å²) in [5, 5.41) is 7.44. The van der Waals surface area contributed by atoms with Crippen molar-refractivity contribution in [1.82, 2.24) is 15.5 Å². The molecule has 0 bridgehead atoms. The summed E-state index contributed by atoms with van der Waals surface area (Å²) in [6.45, 7) is 6.68. The fraction of sp³-hybridized carbons (Fsp3) is 0.458. The summed E-state index contributed by atoms with van der Waals surface area (Å²) in [7, 11) is 0. The predicted molar refractivity (Wildman–Crippen MR) is 122 cm³/mol. The lowest BCUT2D eigenvalue weighted by Gasteiger charge is -2.23. The third-order valence-electron chi connectivity index (χ3n) is 5.70. The molecule has 0 radical (unpaired) electrons. The third kappa shape index (κ3) is 5.70. The number of halogens is 1. The highest BCUT2D eigenvalue weighted by Gasteiger charge is 2.36. The molecule has 166 valence electrons. The highest BCUT2D eigenvalue weighted by molar-refractivity contribution is 6.30. The molecule has 2 heterocycles. The Morgan fingerprint density at radius 2 is 2.00 bits per heavy atom. The van der Waals surface area contributed by atoms with E-state index in [1.807, 2.05) is 36.4 Å². The standard InChI is InChI=1S/C24H30ClN3O3/c1-16(2)27-20-12-21(28(14-20)13-18-4-3-5-19(25)10-18)24(29)26-9-8-17-6-7-22-23(11-17)31-15-30-22/h3-7,10-11,16,20-21,27H,8-9,12-15H2,1-2H3,(H,26,29)/t20-,21-/m0/s1. The topological polar surface area (TPSA) is 62.8 Å². The van der Waals surface area contributed by atoms with E-state index in [0.717, 1.165) is 47.0 Å². The van der Waals surface area contributed by atoms with Gasteiger partial charge >= 0.3 is 0 Å². The minimum Gasteiger partial charge on any atom is -0.454 e. The lowest BCUT2D eigenvalue weighted by Crippen LogP contribution is -2.43. The van der Waals surface area contributed by atoms with Gasteiger partial charge in [-0.3, -0.25) is 9.69 Å². The van der Waals surface area contributed by atoms with Gasteiger partial charge in [-0.1, -0.05) is 43.6 Å². The Labute approximate surface area is 188 Å². The van der Waals surface area contributed by atoms with Crippen molar-refractivity contribution in [3.63, 3.8) is 0 Å². The molecule has 31 heavy (non-hydrogen) atoms. The Morgan fingerprint density at radius 3 is 2.81 bits per heavy atom. The Bertz CT molecular complexity index is 921. The van der Waals surface area contributed by atoms with Crippen LogP contribution in [0, 0.1) is 0 Å². The van der Waals surface area contributed by atoms with Crippen molar-refractivity contribution < 1.29 is 14.3 Å². The van der Waals surface area contributed by atoms with Crippen LogP contribution in [0.3, 0.4) is 0 Å². The lowest BCUT2D eigenvalue weighted by molar-refractivity contribution is -0.125. The van der Waals surface area contributed by atoms with E-state index < -0.39 is 0 Å². The molecule has 2 aliphatic rings. The zero-order valence-corrected chi connectivity index (χ0v) is 18.8. The van der Waals surface area contributed by atoms with E-state index in [9.17, 15) is 4.79 Å². The van der Waals surface area contributed by atoms with E-state index in [-0.39, 0.29) is 18.7 Å². The van der Waals surface area contributed by atoms with Gasteiger partial charge in [0.25, 0.3) is 0 Å². The van der Waals surface area contributed by atoms with Crippen molar-refractivity contribution in [3.05, 3.63) is 58.6 Å². The van der Waals surface area contributed by atoms with E-state index >= 15 is 0 Å². The first-order valence-electron chi connectivity index (χ1n) is 10.9. The summed E-state index contributed by atoms with van der Waals surface area (Å²) in [6, 6.07) is 14.3. The Kier molecular flexibility index (Phi) is 7.00. The molecule has 0 aromatic heterocycles. The Hall–Kier alpha value is -2.28. The molecular weight excluding hydrogens is 414 g/mol. The largest absolute Gasteiger partial charge is 0.454 e. The van der Waals surface area contributed by atoms with Gasteiger partial charge in [0, 0.05) is 36.7 Å². The number of nitrogens with one attached hydrogen (secondary N) is 2. The van der Waals surface area contributed by atoms with Gasteiger partial charge in [0.05, 0.1) is 6.04 Å². The van der Waals surface area contributed by atoms with Crippen LogP contribution >= 0.6 is 11.6 Å². The van der Waals surface area contributed by atoms with Crippen LogP contribution in [0.5, 0.6) is 11.5 Å². The predicted octanol–water partition coefficient (Wildman–Crippen LogP) is 3.37. The van der Waals surface area contributed by atoms with Gasteiger partial charge in [-0.05, 0) is 48.2 Å². The molecule has 0 aliphatic carbocycles. The van der Waals surface area contributed by atoms with Gasteiger partial charge in [-0.2, -0.15) is 0 Å². The van der Waals surface area contributed by atoms with Gasteiger partial charge in [0.2, 0.25) is 12.7 Å². The first-order chi connectivity index (χ1) is 15.0. The van der Waals surface area contributed by atoms with Crippen LogP contribution in [0.25, 0.3) is 0 Å². The van der Waals surface area contributed by atoms with E-state index in [2.05, 4.69) is 35.4 Å². The Balaban J connectivity index is 1.36. The molecule has 1 amide bonds. The molecule has 4 rings (SSSR count). The summed E-state index contributed by atoms with van der Waals surface area (Å²) in [5.41, 5.74) is 2.24. The first kappa shape index (κ1) is 21.9. The van der Waals surface area contributed by atoms with E-state index in [4.69, 9.17) is 21.1 Å². The van der Waals surface area contributed by atoms with Crippen LogP contribution in [0.15, 0.2) is 42.5 Å². The number of likely N-dealkylation sites (tertiary alicyclic amines) is 1. The zero-order valence-electron chi connectivity index (χ0n) is 18.1. The lowest BCUT2D eigenvalue weighted by atomic mass is 10.1. The number of benzene rings is 2. The molecule has 0 saturated carbocycles. The van der Waals surface area contributed by atoms with Gasteiger partial charge in [0.1, 0.15) is 0 Å². The molecule has 2 aliphatic heterocycles. The monoisotopic (exact) mass is 443 g/mol. The number of nitrogens with zero attached hydrogens (tertiary/aromatic N) is 1. The Morgan fingerprint density at radius 1 is 1.16 bits per heavy atom. The first-order valence-corrected chi connectivity index (χ1v) is 11.3. The van der Waals surface area contributed by atoms with Gasteiger partial charge in [-0.25, -0.2) is 0 Å². The maximum Gasteiger partial charge on any atom is 0.237 e. The minimum atomic E-state index is -0.160. The normalized spacial score (nSPS) is 20.4. The van der Waals surface area contributed by atoms with Crippen molar-refractivity contribution in [1.29, 1.82) is 0 Å². The maximum absolute atomic E-state index is 13.1. The number of fused-ring (bicyclic) bond motifs is 1. The number of ether oxygens (including phenoxy) is 2. The number of amides is 1. The second-order valence-corrected chi connectivity index (χ2v) is 8.99. The molecular formula is C24H30ClN3O3. The fourth-order valence-corrected chi connectivity index (χ4v) is 4.57. The molecule has 0 spiro atoms. The van der Waals surface area contributed by atoms with Crippen LogP contribution in [-0.2, 0) is 17.8 Å². The van der Waals surface area contributed by atoms with Crippen molar-refractivity contribution in [2.24, 2.45) is 0 Å². The molecule has 1 fully saturated rings. The molecule has 2 aromatic rings. The smallest absolute Gasteiger partial charge is 0.237 e. The molecule has 7 heteroatoms. The van der Waals surface area contributed by atoms with Crippen molar-refractivity contribution in [2.45, 2.75) is 51.4 Å². The molecule has 0 unspecified atom stereocenters. The number of carbonyl (C=O) groups excluding carboxylic acids is 1. The number of carbonyl (C=O) groups is 1. The van der Waals surface area contributed by atoms with Crippen molar-refractivity contribution in [2.75, 3.05) is 19.9 Å². The fourth-order valence-electron chi connectivity index (χ4n) is 4.36. The second kappa shape index (κ2) is 9.90. The van der Waals surface area contributed by atoms with Crippen LogP contribution in [0.1, 0.15) is 31.4 Å². The quantitative estimate of drug-likeness (QED) is 0.655. The van der Waals surface area contributed by atoms with Crippen molar-refractivity contribution in [3.8, 4) is 11.5 Å². The van der Waals surface area contributed by atoms with Crippen LogP contribution in [0.2, 0.25) is 5.02 Å². The summed E-state index contributed by atoms with van der Waals surface area (Å²) in [5.74, 6) is 1.63. The van der Waals surface area contributed by atoms with E-state index in [1.54, 1.807) is 0 Å². The third-order valence-corrected chi connectivity index (χ3v) is 5.93. The van der Waals surface area contributed by atoms with E-state index in [1.165, 1.54) is 0 Å². The average Bonchev–Trinajstić information content (AvgIpc) is 3.34. The summed E-state index contributed by atoms with van der Waals surface area (Å²) < 4.78 is 10.8. The van der Waals surface area contributed by atoms with Crippen LogP contribution < -0.4 is 20.1 Å². The number of hydrogen-bond donors (Lipinski definition) is 2. The molecule has 6 nitrogen and oxygen atoms in total. The highest BCUT2D eigenvalue weighted by Crippen LogP contribution is 2.32. The van der Waals surface area contributed by atoms with Gasteiger partial charge in [0.15, 0.2) is 11.5 Å². The van der Waals surface area contributed by atoms with Crippen molar-refractivity contribution >= 4 is 17.5 Å². The summed E-state index contributed by atoms with van der Waals surface area (Å²) in [4.78, 5) is 15.3. The number of hydrogen-bond acceptors (Lipinski definition) is 5.